The number of nitrogens with one attached hydrogen (secondary N) is 1. The average Bonchev–Trinajstić information content (AvgIpc) is 2.86. The molecule has 190 valence electrons. The van der Waals surface area contributed by atoms with Crippen LogP contribution in [0.1, 0.15) is 56.6 Å². The van der Waals surface area contributed by atoms with Gasteiger partial charge in [0.15, 0.2) is 17.3 Å². The first-order valence-corrected chi connectivity index (χ1v) is 12.1. The molecule has 36 heavy (non-hydrogen) atoms. The van der Waals surface area contributed by atoms with Crippen molar-refractivity contribution >= 4 is 11.8 Å². The van der Waals surface area contributed by atoms with Gasteiger partial charge in [0.25, 0.3) is 0 Å². The van der Waals surface area contributed by atoms with E-state index in [1.54, 1.807) is 27.4 Å². The first kappa shape index (κ1) is 25.4. The van der Waals surface area contributed by atoms with Crippen LogP contribution in [-0.2, 0) is 14.3 Å². The Kier molecular flexibility index (Phi) is 7.38. The molecule has 0 amide bonds. The summed E-state index contributed by atoms with van der Waals surface area (Å²) < 4.78 is 22.1. The minimum Gasteiger partial charge on any atom is -0.496 e. The Hall–Kier alpha value is -3.74. The Balaban J connectivity index is 1.84. The first-order chi connectivity index (χ1) is 17.3. The van der Waals surface area contributed by atoms with E-state index in [4.69, 9.17) is 18.9 Å². The van der Waals surface area contributed by atoms with E-state index in [0.717, 1.165) is 22.6 Å². The summed E-state index contributed by atoms with van der Waals surface area (Å²) in [6, 6.07) is 13.3. The molecule has 0 saturated heterocycles. The van der Waals surface area contributed by atoms with Crippen LogP contribution in [0.3, 0.4) is 0 Å². The van der Waals surface area contributed by atoms with Crippen LogP contribution >= 0.6 is 0 Å². The van der Waals surface area contributed by atoms with Crippen LogP contribution in [0.5, 0.6) is 17.2 Å². The fourth-order valence-corrected chi connectivity index (χ4v) is 5.18. The summed E-state index contributed by atoms with van der Waals surface area (Å²) in [5, 5.41) is 3.38. The number of para-hydroxylation sites is 1. The van der Waals surface area contributed by atoms with Crippen molar-refractivity contribution in [3.05, 3.63) is 76.1 Å². The minimum absolute atomic E-state index is 0.0122. The van der Waals surface area contributed by atoms with E-state index >= 15 is 0 Å². The van der Waals surface area contributed by atoms with Gasteiger partial charge in [0.1, 0.15) is 5.75 Å². The van der Waals surface area contributed by atoms with Crippen molar-refractivity contribution in [1.82, 2.24) is 5.32 Å². The molecule has 0 spiro atoms. The Morgan fingerprint density at radius 1 is 0.944 bits per heavy atom. The van der Waals surface area contributed by atoms with Gasteiger partial charge in [-0.3, -0.25) is 4.79 Å². The number of hydrogen-bond donors (Lipinski definition) is 1. The van der Waals surface area contributed by atoms with Crippen molar-refractivity contribution in [1.29, 1.82) is 0 Å². The molecule has 2 aliphatic rings. The maximum Gasteiger partial charge on any atom is 0.337 e. The molecule has 2 atom stereocenters. The van der Waals surface area contributed by atoms with Crippen LogP contribution in [0.2, 0.25) is 0 Å². The number of ether oxygens (including phenoxy) is 4. The van der Waals surface area contributed by atoms with Crippen LogP contribution in [0.15, 0.2) is 65.0 Å². The number of dihydropyridines is 1. The molecule has 1 N–H and O–H groups in total. The molecule has 2 aromatic rings. The van der Waals surface area contributed by atoms with E-state index in [0.29, 0.717) is 41.2 Å². The highest BCUT2D eigenvalue weighted by atomic mass is 16.5. The molecule has 2 aromatic carbocycles. The van der Waals surface area contributed by atoms with E-state index in [1.807, 2.05) is 57.2 Å². The molecular formula is C29H33NO6. The van der Waals surface area contributed by atoms with Gasteiger partial charge in [0, 0.05) is 35.2 Å². The van der Waals surface area contributed by atoms with Crippen LogP contribution in [0.25, 0.3) is 0 Å². The van der Waals surface area contributed by atoms with Gasteiger partial charge >= 0.3 is 5.97 Å². The van der Waals surface area contributed by atoms with E-state index < -0.39 is 11.9 Å². The molecule has 7 heteroatoms. The third kappa shape index (κ3) is 4.70. The summed E-state index contributed by atoms with van der Waals surface area (Å²) in [6.45, 7) is 5.47. The van der Waals surface area contributed by atoms with E-state index in [2.05, 4.69) is 5.32 Å². The minimum atomic E-state index is -0.585. The zero-order chi connectivity index (χ0) is 26.0. The number of carbonyl (C=O) groups is 2. The molecule has 4 rings (SSSR count). The third-order valence-electron chi connectivity index (χ3n) is 6.71. The van der Waals surface area contributed by atoms with Gasteiger partial charge in [-0.15, -0.1) is 0 Å². The Morgan fingerprint density at radius 2 is 1.64 bits per heavy atom. The molecule has 0 fully saturated rings. The maximum atomic E-state index is 13.8. The second kappa shape index (κ2) is 10.5. The summed E-state index contributed by atoms with van der Waals surface area (Å²) in [5.74, 6) is 0.784. The Bertz CT molecular complexity index is 1240. The second-order valence-corrected chi connectivity index (χ2v) is 9.33. The fraction of sp³-hybridized carbons (Fsp3) is 0.379. The number of benzene rings is 2. The predicted octanol–water partition coefficient (Wildman–Crippen LogP) is 5.03. The first-order valence-electron chi connectivity index (χ1n) is 12.1. The molecule has 1 heterocycles. The topological polar surface area (TPSA) is 83.1 Å². The third-order valence-corrected chi connectivity index (χ3v) is 6.71. The zero-order valence-corrected chi connectivity index (χ0v) is 21.6. The van der Waals surface area contributed by atoms with Crippen LogP contribution in [0.4, 0.5) is 0 Å². The van der Waals surface area contributed by atoms with Crippen molar-refractivity contribution in [3.8, 4) is 17.2 Å². The average molecular weight is 492 g/mol. The number of methoxy groups -OCH3 is 3. The number of Topliss-reactive ketones (excluding diaryl/α,β-unsaturated/α-hetero) is 1. The molecule has 0 aromatic heterocycles. The summed E-state index contributed by atoms with van der Waals surface area (Å²) in [6.07, 6.45) is 0.641. The summed E-state index contributed by atoms with van der Waals surface area (Å²) in [4.78, 5) is 27.1. The summed E-state index contributed by atoms with van der Waals surface area (Å²) >= 11 is 0. The van der Waals surface area contributed by atoms with Gasteiger partial charge in [0.05, 0.1) is 33.0 Å². The molecule has 7 nitrogen and oxygen atoms in total. The lowest BCUT2D eigenvalue weighted by molar-refractivity contribution is -0.143. The lowest BCUT2D eigenvalue weighted by atomic mass is 9.71. The van der Waals surface area contributed by atoms with Gasteiger partial charge in [-0.2, -0.15) is 0 Å². The maximum absolute atomic E-state index is 13.8. The molecule has 0 bridgehead atoms. The highest BCUT2D eigenvalue weighted by molar-refractivity contribution is 6.04. The van der Waals surface area contributed by atoms with Crippen molar-refractivity contribution < 1.29 is 28.5 Å². The standard InChI is InChI=1S/C29H33NO6/c1-16(2)36-29(32)26-17(3)30-21-13-19(20-9-7-8-10-23(20)33-4)14-22(31)28(21)27(26)18-11-12-24(34-5)25(15-18)35-6/h7-12,15-16,19,27,30H,13-14H2,1-6H3. The predicted molar refractivity (Wildman–Crippen MR) is 136 cm³/mol. The highest BCUT2D eigenvalue weighted by Crippen LogP contribution is 2.48. The molecule has 1 aliphatic heterocycles. The quantitative estimate of drug-likeness (QED) is 0.544. The zero-order valence-electron chi connectivity index (χ0n) is 21.6. The molecular weight excluding hydrogens is 458 g/mol. The van der Waals surface area contributed by atoms with Crippen molar-refractivity contribution in [2.45, 2.75) is 51.6 Å². The Labute approximate surface area is 212 Å². The smallest absolute Gasteiger partial charge is 0.337 e. The van der Waals surface area contributed by atoms with E-state index in [9.17, 15) is 9.59 Å². The molecule has 0 radical (unpaired) electrons. The van der Waals surface area contributed by atoms with E-state index in [-0.39, 0.29) is 17.8 Å². The monoisotopic (exact) mass is 491 g/mol. The van der Waals surface area contributed by atoms with Gasteiger partial charge in [-0.1, -0.05) is 24.3 Å². The summed E-state index contributed by atoms with van der Waals surface area (Å²) in [7, 11) is 4.77. The largest absolute Gasteiger partial charge is 0.496 e. The van der Waals surface area contributed by atoms with Crippen LogP contribution in [-0.4, -0.2) is 39.2 Å². The summed E-state index contributed by atoms with van der Waals surface area (Å²) in [5.41, 5.74) is 4.28. The van der Waals surface area contributed by atoms with Gasteiger partial charge in [0.2, 0.25) is 0 Å². The van der Waals surface area contributed by atoms with Crippen LogP contribution in [0, 0.1) is 0 Å². The molecule has 2 unspecified atom stereocenters. The number of allylic oxidation sites excluding steroid dienone is 3. The van der Waals surface area contributed by atoms with E-state index in [1.165, 1.54) is 0 Å². The Morgan fingerprint density at radius 3 is 2.31 bits per heavy atom. The van der Waals surface area contributed by atoms with Gasteiger partial charge < -0.3 is 24.3 Å². The number of carbonyl (C=O) groups excluding carboxylic acids is 2. The molecule has 0 saturated carbocycles. The van der Waals surface area contributed by atoms with Crippen molar-refractivity contribution in [3.63, 3.8) is 0 Å². The number of hydrogen-bond acceptors (Lipinski definition) is 7. The van der Waals surface area contributed by atoms with Gasteiger partial charge in [-0.05, 0) is 56.5 Å². The van der Waals surface area contributed by atoms with Gasteiger partial charge in [-0.25, -0.2) is 4.79 Å². The normalized spacial score (nSPS) is 19.6. The lowest BCUT2D eigenvalue weighted by Crippen LogP contribution is -2.36. The number of rotatable bonds is 7. The molecule has 1 aliphatic carbocycles. The number of esters is 1. The SMILES string of the molecule is COc1ccc(C2C(C(=O)OC(C)C)=C(C)NC3=C2C(=O)CC(c2ccccc2OC)C3)cc1OC. The van der Waals surface area contributed by atoms with Crippen molar-refractivity contribution in [2.75, 3.05) is 21.3 Å². The second-order valence-electron chi connectivity index (χ2n) is 9.33. The fourth-order valence-electron chi connectivity index (χ4n) is 5.18. The number of ketones is 1. The van der Waals surface area contributed by atoms with Crippen LogP contribution < -0.4 is 19.5 Å². The van der Waals surface area contributed by atoms with Crippen molar-refractivity contribution in [2.24, 2.45) is 0 Å². The highest BCUT2D eigenvalue weighted by Gasteiger charge is 2.42. The lowest BCUT2D eigenvalue weighted by Gasteiger charge is -2.37.